The predicted molar refractivity (Wildman–Crippen MR) is 54.0 cm³/mol. The zero-order valence-electron chi connectivity index (χ0n) is 8.37. The number of aromatic nitrogens is 2. The summed E-state index contributed by atoms with van der Waals surface area (Å²) in [6.07, 6.45) is 4.50. The number of hydrogen-bond acceptors (Lipinski definition) is 2. The Bertz CT molecular complexity index is 353. The highest BCUT2D eigenvalue weighted by atomic mass is 16.4. The van der Waals surface area contributed by atoms with Gasteiger partial charge in [0.15, 0.2) is 0 Å². The molecule has 0 aliphatic heterocycles. The van der Waals surface area contributed by atoms with Crippen molar-refractivity contribution in [2.24, 2.45) is 0 Å². The van der Waals surface area contributed by atoms with Crippen LogP contribution in [0.1, 0.15) is 30.6 Å². The molecule has 0 atom stereocenters. The van der Waals surface area contributed by atoms with Gasteiger partial charge in [-0.3, -0.25) is 0 Å². The number of aromatic amines is 1. The molecule has 0 saturated heterocycles. The third-order valence-electron chi connectivity index (χ3n) is 1.87. The summed E-state index contributed by atoms with van der Waals surface area (Å²) in [5.41, 5.74) is 2.02. The third kappa shape index (κ3) is 2.73. The number of rotatable bonds is 4. The number of hydrogen-bond donors (Lipinski definition) is 2. The van der Waals surface area contributed by atoms with Crippen molar-refractivity contribution < 1.29 is 9.90 Å². The zero-order valence-corrected chi connectivity index (χ0v) is 8.37. The molecule has 0 bridgehead atoms. The highest BCUT2D eigenvalue weighted by molar-refractivity contribution is 5.84. The number of H-pyrrole nitrogens is 1. The molecule has 0 saturated carbocycles. The minimum absolute atomic E-state index is 0.605. The van der Waals surface area contributed by atoms with Gasteiger partial charge in [0.1, 0.15) is 5.82 Å². The molecule has 76 valence electrons. The SMILES string of the molecule is CCCc1nc(/C=C/C(=O)O)[nH]c1C. The highest BCUT2D eigenvalue weighted by Gasteiger charge is 2.03. The van der Waals surface area contributed by atoms with Crippen molar-refractivity contribution in [2.75, 3.05) is 0 Å². The Morgan fingerprint density at radius 1 is 1.64 bits per heavy atom. The monoisotopic (exact) mass is 194 g/mol. The standard InChI is InChI=1S/C10H14N2O2/c1-3-4-8-7(2)11-9(12-8)5-6-10(13)14/h5-6H,3-4H2,1-2H3,(H,11,12)(H,13,14)/b6-5+. The topological polar surface area (TPSA) is 66.0 Å². The lowest BCUT2D eigenvalue weighted by Gasteiger charge is -1.90. The summed E-state index contributed by atoms with van der Waals surface area (Å²) in [6.45, 7) is 4.02. The van der Waals surface area contributed by atoms with Gasteiger partial charge in [-0.1, -0.05) is 13.3 Å². The van der Waals surface area contributed by atoms with E-state index in [1.54, 1.807) is 0 Å². The van der Waals surface area contributed by atoms with E-state index in [2.05, 4.69) is 16.9 Å². The fourth-order valence-electron chi connectivity index (χ4n) is 1.23. The lowest BCUT2D eigenvalue weighted by atomic mass is 10.2. The van der Waals surface area contributed by atoms with Crippen molar-refractivity contribution in [1.29, 1.82) is 0 Å². The third-order valence-corrected chi connectivity index (χ3v) is 1.87. The number of carboxylic acids is 1. The molecule has 1 aromatic heterocycles. The zero-order chi connectivity index (χ0) is 10.6. The molecule has 0 unspecified atom stereocenters. The molecule has 0 aromatic carbocycles. The van der Waals surface area contributed by atoms with Crippen LogP contribution >= 0.6 is 0 Å². The van der Waals surface area contributed by atoms with Crippen molar-refractivity contribution in [3.63, 3.8) is 0 Å². The molecule has 0 fully saturated rings. The van der Waals surface area contributed by atoms with E-state index in [0.29, 0.717) is 5.82 Å². The first kappa shape index (κ1) is 10.5. The molecule has 4 heteroatoms. The second-order valence-corrected chi connectivity index (χ2v) is 3.12. The van der Waals surface area contributed by atoms with E-state index in [1.165, 1.54) is 6.08 Å². The van der Waals surface area contributed by atoms with Gasteiger partial charge in [-0.15, -0.1) is 0 Å². The van der Waals surface area contributed by atoms with Crippen molar-refractivity contribution in [1.82, 2.24) is 9.97 Å². The Labute approximate surface area is 82.7 Å². The van der Waals surface area contributed by atoms with Crippen molar-refractivity contribution >= 4 is 12.0 Å². The molecule has 1 rings (SSSR count). The van der Waals surface area contributed by atoms with E-state index in [0.717, 1.165) is 30.3 Å². The number of nitrogens with one attached hydrogen (secondary N) is 1. The van der Waals surface area contributed by atoms with Gasteiger partial charge in [-0.25, -0.2) is 9.78 Å². The maximum atomic E-state index is 10.3. The number of aliphatic carboxylic acids is 1. The van der Waals surface area contributed by atoms with Crippen molar-refractivity contribution in [2.45, 2.75) is 26.7 Å². The second-order valence-electron chi connectivity index (χ2n) is 3.12. The molecule has 0 amide bonds. The van der Waals surface area contributed by atoms with Crippen LogP contribution in [0.3, 0.4) is 0 Å². The lowest BCUT2D eigenvalue weighted by Crippen LogP contribution is -1.87. The van der Waals surface area contributed by atoms with Crippen molar-refractivity contribution in [3.05, 3.63) is 23.3 Å². The van der Waals surface area contributed by atoms with Gasteiger partial charge in [0.2, 0.25) is 0 Å². The molecular formula is C10H14N2O2. The minimum atomic E-state index is -0.962. The highest BCUT2D eigenvalue weighted by Crippen LogP contribution is 2.08. The predicted octanol–water partition coefficient (Wildman–Crippen LogP) is 1.77. The van der Waals surface area contributed by atoms with Gasteiger partial charge >= 0.3 is 5.97 Å². The van der Waals surface area contributed by atoms with Gasteiger partial charge in [0, 0.05) is 11.8 Å². The van der Waals surface area contributed by atoms with Gasteiger partial charge in [-0.2, -0.15) is 0 Å². The van der Waals surface area contributed by atoms with Crippen molar-refractivity contribution in [3.8, 4) is 0 Å². The summed E-state index contributed by atoms with van der Waals surface area (Å²) in [7, 11) is 0. The second kappa shape index (κ2) is 4.60. The minimum Gasteiger partial charge on any atom is -0.478 e. The molecule has 0 aliphatic carbocycles. The number of nitrogens with zero attached hydrogens (tertiary/aromatic N) is 1. The van der Waals surface area contributed by atoms with Crippen LogP contribution in [0, 0.1) is 6.92 Å². The smallest absolute Gasteiger partial charge is 0.328 e. The molecule has 1 heterocycles. The van der Waals surface area contributed by atoms with Crippen LogP contribution in [0.15, 0.2) is 6.08 Å². The largest absolute Gasteiger partial charge is 0.478 e. The summed E-state index contributed by atoms with van der Waals surface area (Å²) >= 11 is 0. The Hall–Kier alpha value is -1.58. The Balaban J connectivity index is 2.80. The van der Waals surface area contributed by atoms with E-state index in [4.69, 9.17) is 5.11 Å². The Kier molecular flexibility index (Phi) is 3.45. The number of aryl methyl sites for hydroxylation is 2. The van der Waals surface area contributed by atoms with E-state index < -0.39 is 5.97 Å². The van der Waals surface area contributed by atoms with Crippen LogP contribution in [-0.2, 0) is 11.2 Å². The van der Waals surface area contributed by atoms with Gasteiger partial charge < -0.3 is 10.1 Å². The summed E-state index contributed by atoms with van der Waals surface area (Å²) in [5.74, 6) is -0.357. The van der Waals surface area contributed by atoms with Gasteiger partial charge in [-0.05, 0) is 19.4 Å². The lowest BCUT2D eigenvalue weighted by molar-refractivity contribution is -0.131. The normalized spacial score (nSPS) is 11.0. The molecule has 14 heavy (non-hydrogen) atoms. The van der Waals surface area contributed by atoms with Gasteiger partial charge in [0.25, 0.3) is 0 Å². The van der Waals surface area contributed by atoms with Crippen LogP contribution in [0.4, 0.5) is 0 Å². The summed E-state index contributed by atoms with van der Waals surface area (Å²) in [4.78, 5) is 17.6. The fourth-order valence-corrected chi connectivity index (χ4v) is 1.23. The van der Waals surface area contributed by atoms with E-state index >= 15 is 0 Å². The summed E-state index contributed by atoms with van der Waals surface area (Å²) < 4.78 is 0. The fraction of sp³-hybridized carbons (Fsp3) is 0.400. The number of imidazole rings is 1. The van der Waals surface area contributed by atoms with Crippen LogP contribution in [0.2, 0.25) is 0 Å². The van der Waals surface area contributed by atoms with Crippen LogP contribution in [-0.4, -0.2) is 21.0 Å². The summed E-state index contributed by atoms with van der Waals surface area (Å²) in [5, 5.41) is 8.43. The number of carbonyl (C=O) groups is 1. The Morgan fingerprint density at radius 2 is 2.36 bits per heavy atom. The average Bonchev–Trinajstić information content (AvgIpc) is 2.45. The molecule has 4 nitrogen and oxygen atoms in total. The molecular weight excluding hydrogens is 180 g/mol. The molecule has 0 aliphatic rings. The number of carboxylic acid groups (broad SMARTS) is 1. The Morgan fingerprint density at radius 3 is 2.93 bits per heavy atom. The molecule has 2 N–H and O–H groups in total. The molecule has 1 aromatic rings. The average molecular weight is 194 g/mol. The van der Waals surface area contributed by atoms with Crippen LogP contribution < -0.4 is 0 Å². The van der Waals surface area contributed by atoms with Gasteiger partial charge in [0.05, 0.1) is 5.69 Å². The van der Waals surface area contributed by atoms with E-state index in [-0.39, 0.29) is 0 Å². The summed E-state index contributed by atoms with van der Waals surface area (Å²) in [6, 6.07) is 0. The first-order chi connectivity index (χ1) is 6.63. The van der Waals surface area contributed by atoms with Crippen LogP contribution in [0.5, 0.6) is 0 Å². The van der Waals surface area contributed by atoms with Crippen LogP contribution in [0.25, 0.3) is 6.08 Å². The van der Waals surface area contributed by atoms with E-state index in [9.17, 15) is 4.79 Å². The molecule has 0 radical (unpaired) electrons. The first-order valence-corrected chi connectivity index (χ1v) is 4.60. The maximum Gasteiger partial charge on any atom is 0.328 e. The quantitative estimate of drug-likeness (QED) is 0.718. The first-order valence-electron chi connectivity index (χ1n) is 4.60. The van der Waals surface area contributed by atoms with E-state index in [1.807, 2.05) is 6.92 Å². The maximum absolute atomic E-state index is 10.3. The molecule has 0 spiro atoms.